The first-order chi connectivity index (χ1) is 13.9. The van der Waals surface area contributed by atoms with Gasteiger partial charge in [0.15, 0.2) is 5.22 Å². The number of halogens is 1. The van der Waals surface area contributed by atoms with Crippen molar-refractivity contribution >= 4 is 24.3 Å². The Morgan fingerprint density at radius 1 is 0.871 bits per heavy atom. The highest BCUT2D eigenvalue weighted by Gasteiger charge is 2.49. The van der Waals surface area contributed by atoms with Gasteiger partial charge in [-0.25, -0.2) is 0 Å². The van der Waals surface area contributed by atoms with Crippen LogP contribution in [0.2, 0.25) is 0 Å². The minimum Gasteiger partial charge on any atom is -0.494 e. The fraction of sp³-hybridized carbons (Fsp3) is 0.615. The van der Waals surface area contributed by atoms with Crippen molar-refractivity contribution in [2.75, 3.05) is 14.2 Å². The SMILES string of the molecule is COC1=C(C)P1(=Nc1c(C(C)(C)C)cc(C(C)(C)C)cc1C(C)(C)C)/C(C)=C(/Cl)OC. The number of allylic oxidation sites excluding steroid dienone is 2. The van der Waals surface area contributed by atoms with Crippen molar-refractivity contribution < 1.29 is 9.47 Å². The molecule has 0 saturated heterocycles. The van der Waals surface area contributed by atoms with Crippen LogP contribution in [0.4, 0.5) is 5.69 Å². The highest BCUT2D eigenvalue weighted by atomic mass is 35.5. The van der Waals surface area contributed by atoms with Gasteiger partial charge >= 0.3 is 0 Å². The van der Waals surface area contributed by atoms with Gasteiger partial charge in [-0.15, -0.1) is 0 Å². The van der Waals surface area contributed by atoms with Gasteiger partial charge in [0, 0.05) is 10.6 Å². The van der Waals surface area contributed by atoms with E-state index >= 15 is 0 Å². The second kappa shape index (κ2) is 8.31. The van der Waals surface area contributed by atoms with Crippen LogP contribution in [0.15, 0.2) is 38.2 Å². The molecule has 0 aromatic heterocycles. The van der Waals surface area contributed by atoms with Gasteiger partial charge in [0.25, 0.3) is 0 Å². The van der Waals surface area contributed by atoms with E-state index in [1.807, 2.05) is 6.92 Å². The topological polar surface area (TPSA) is 30.8 Å². The van der Waals surface area contributed by atoms with Crippen LogP contribution in [-0.4, -0.2) is 14.2 Å². The van der Waals surface area contributed by atoms with E-state index in [9.17, 15) is 0 Å². The van der Waals surface area contributed by atoms with Crippen LogP contribution in [0, 0.1) is 0 Å². The highest BCUT2D eigenvalue weighted by Crippen LogP contribution is 2.85. The maximum Gasteiger partial charge on any atom is 0.192 e. The number of benzene rings is 1. The summed E-state index contributed by atoms with van der Waals surface area (Å²) in [6.45, 7) is 24.5. The molecule has 1 heterocycles. The molecule has 1 aliphatic heterocycles. The number of rotatable bonds is 4. The van der Waals surface area contributed by atoms with Crippen LogP contribution in [0.25, 0.3) is 0 Å². The molecule has 174 valence electrons. The number of methoxy groups -OCH3 is 2. The number of hydrogen-bond donors (Lipinski definition) is 0. The second-order valence-electron chi connectivity index (χ2n) is 11.6. The minimum atomic E-state index is -2.17. The van der Waals surface area contributed by atoms with E-state index in [-0.39, 0.29) is 16.2 Å². The largest absolute Gasteiger partial charge is 0.494 e. The van der Waals surface area contributed by atoms with Gasteiger partial charge < -0.3 is 9.47 Å². The third-order valence-corrected chi connectivity index (χ3v) is 10.3. The molecule has 1 aromatic rings. The van der Waals surface area contributed by atoms with E-state index in [1.165, 1.54) is 22.0 Å². The number of nitrogens with zero attached hydrogens (tertiary/aromatic N) is 1. The molecule has 0 spiro atoms. The van der Waals surface area contributed by atoms with E-state index < -0.39 is 7.05 Å². The lowest BCUT2D eigenvalue weighted by Crippen LogP contribution is -2.21. The van der Waals surface area contributed by atoms with E-state index in [0.29, 0.717) is 5.22 Å². The molecule has 31 heavy (non-hydrogen) atoms. The molecule has 0 N–H and O–H groups in total. The predicted molar refractivity (Wildman–Crippen MR) is 137 cm³/mol. The summed E-state index contributed by atoms with van der Waals surface area (Å²) in [6, 6.07) is 4.71. The first kappa shape index (κ1) is 26.1. The van der Waals surface area contributed by atoms with Crippen molar-refractivity contribution in [3.63, 3.8) is 0 Å². The third-order valence-electron chi connectivity index (χ3n) is 6.02. The average Bonchev–Trinajstić information content (AvgIpc) is 3.20. The summed E-state index contributed by atoms with van der Waals surface area (Å²) in [5, 5.41) is 2.55. The molecule has 0 fully saturated rings. The summed E-state index contributed by atoms with van der Waals surface area (Å²) in [5.41, 5.74) is 5.82. The summed E-state index contributed by atoms with van der Waals surface area (Å²) in [7, 11) is 1.16. The Labute approximate surface area is 195 Å². The van der Waals surface area contributed by atoms with E-state index in [0.717, 1.165) is 16.5 Å². The van der Waals surface area contributed by atoms with Crippen LogP contribution in [-0.2, 0) is 25.7 Å². The molecular weight excluding hydrogens is 425 g/mol. The number of ether oxygens (including phenoxy) is 2. The monoisotopic (exact) mass is 465 g/mol. The van der Waals surface area contributed by atoms with Gasteiger partial charge in [0.2, 0.25) is 0 Å². The fourth-order valence-corrected chi connectivity index (χ4v) is 7.65. The molecule has 1 aromatic carbocycles. The van der Waals surface area contributed by atoms with Crippen molar-refractivity contribution in [1.82, 2.24) is 0 Å². The van der Waals surface area contributed by atoms with Crippen LogP contribution in [0.1, 0.15) is 92.9 Å². The molecule has 0 saturated carbocycles. The Kier molecular flexibility index (Phi) is 6.99. The zero-order chi connectivity index (χ0) is 24.2. The Bertz CT molecular complexity index is 961. The zero-order valence-electron chi connectivity index (χ0n) is 21.7. The highest BCUT2D eigenvalue weighted by molar-refractivity contribution is 7.85. The lowest BCUT2D eigenvalue weighted by atomic mass is 9.74. The van der Waals surface area contributed by atoms with Crippen molar-refractivity contribution in [3.8, 4) is 0 Å². The van der Waals surface area contributed by atoms with Crippen LogP contribution >= 0.6 is 18.7 Å². The first-order valence-electron chi connectivity index (χ1n) is 10.9. The summed E-state index contributed by atoms with van der Waals surface area (Å²) in [6.07, 6.45) is 0. The van der Waals surface area contributed by atoms with Crippen molar-refractivity contribution in [1.29, 1.82) is 0 Å². The van der Waals surface area contributed by atoms with Gasteiger partial charge in [0.1, 0.15) is 5.50 Å². The quantitative estimate of drug-likeness (QED) is 0.327. The number of hydrogen-bond acceptors (Lipinski definition) is 3. The Balaban J connectivity index is 3.06. The van der Waals surface area contributed by atoms with E-state index in [4.69, 9.17) is 25.8 Å². The molecule has 0 aliphatic carbocycles. The molecule has 1 unspecified atom stereocenters. The third kappa shape index (κ3) is 4.79. The summed E-state index contributed by atoms with van der Waals surface area (Å²) in [4.78, 5) is 0. The maximum atomic E-state index is 6.48. The normalized spacial score (nSPS) is 20.5. The Morgan fingerprint density at radius 3 is 1.61 bits per heavy atom. The molecule has 0 radical (unpaired) electrons. The summed E-state index contributed by atoms with van der Waals surface area (Å²) < 4.78 is 16.7. The summed E-state index contributed by atoms with van der Waals surface area (Å²) in [5.74, 6) is 0. The molecule has 2 rings (SSSR count). The fourth-order valence-electron chi connectivity index (χ4n) is 3.94. The standard InChI is InChI=1S/C26H41ClNO2P/c1-16(22(27)29-12)31(17(2)23(31)30-13)28-21-19(25(6,7)8)14-18(24(3,4)5)15-20(21)26(9,10)11/h14-15H,1-13H3/b22-16-. The average molecular weight is 466 g/mol. The van der Waals surface area contributed by atoms with E-state index in [1.54, 1.807) is 14.2 Å². The molecule has 0 bridgehead atoms. The van der Waals surface area contributed by atoms with Gasteiger partial charge in [-0.3, -0.25) is 4.74 Å². The van der Waals surface area contributed by atoms with Gasteiger partial charge in [-0.1, -0.05) is 74.4 Å². The van der Waals surface area contributed by atoms with Crippen molar-refractivity contribution in [2.24, 2.45) is 4.74 Å². The van der Waals surface area contributed by atoms with Gasteiger partial charge in [-0.2, -0.15) is 0 Å². The summed E-state index contributed by atoms with van der Waals surface area (Å²) >= 11 is 6.48. The second-order valence-corrected chi connectivity index (χ2v) is 15.1. The van der Waals surface area contributed by atoms with E-state index in [2.05, 4.69) is 81.4 Å². The van der Waals surface area contributed by atoms with Gasteiger partial charge in [0.05, 0.1) is 27.0 Å². The Hall–Kier alpha value is -1.18. The molecule has 0 amide bonds. The predicted octanol–water partition coefficient (Wildman–Crippen LogP) is 9.34. The molecule has 5 heteroatoms. The molecular formula is C26H41ClNO2P. The molecule has 1 aliphatic rings. The minimum absolute atomic E-state index is 0.0476. The van der Waals surface area contributed by atoms with Crippen molar-refractivity contribution in [3.05, 3.63) is 50.2 Å². The maximum absolute atomic E-state index is 6.48. The Morgan fingerprint density at radius 2 is 1.32 bits per heavy atom. The lowest BCUT2D eigenvalue weighted by Gasteiger charge is -2.32. The van der Waals surface area contributed by atoms with Crippen molar-refractivity contribution in [2.45, 2.75) is 92.4 Å². The lowest BCUT2D eigenvalue weighted by molar-refractivity contribution is 0.319. The van der Waals surface area contributed by atoms with Gasteiger partial charge in [-0.05, 0) is 58.4 Å². The molecule has 3 nitrogen and oxygen atoms in total. The van der Waals surface area contributed by atoms with Crippen LogP contribution in [0.3, 0.4) is 0 Å². The zero-order valence-corrected chi connectivity index (χ0v) is 23.4. The first-order valence-corrected chi connectivity index (χ1v) is 13.0. The smallest absolute Gasteiger partial charge is 0.192 e. The van der Waals surface area contributed by atoms with Crippen LogP contribution < -0.4 is 0 Å². The molecule has 1 atom stereocenters. The van der Waals surface area contributed by atoms with Crippen LogP contribution in [0.5, 0.6) is 0 Å².